The molecular formula is C12H19NO3. The highest BCUT2D eigenvalue weighted by Gasteiger charge is 2.36. The Morgan fingerprint density at radius 1 is 0.938 bits per heavy atom. The number of imide groups is 1. The first-order valence-corrected chi connectivity index (χ1v) is 6.23. The number of aliphatic hydroxyl groups excluding tert-OH is 1. The van der Waals surface area contributed by atoms with Crippen LogP contribution < -0.4 is 0 Å². The molecular weight excluding hydrogens is 206 g/mol. The molecule has 1 saturated heterocycles. The van der Waals surface area contributed by atoms with Crippen molar-refractivity contribution in [3.8, 4) is 0 Å². The highest BCUT2D eigenvalue weighted by Crippen LogP contribution is 2.26. The lowest BCUT2D eigenvalue weighted by molar-refractivity contribution is -0.154. The summed E-state index contributed by atoms with van der Waals surface area (Å²) in [7, 11) is 0. The van der Waals surface area contributed by atoms with Gasteiger partial charge in [-0.2, -0.15) is 0 Å². The molecule has 2 aliphatic rings. The molecule has 16 heavy (non-hydrogen) atoms. The number of likely N-dealkylation sites (tertiary alicyclic amines) is 1. The van der Waals surface area contributed by atoms with Gasteiger partial charge in [0.15, 0.2) is 0 Å². The van der Waals surface area contributed by atoms with Gasteiger partial charge in [-0.15, -0.1) is 0 Å². The van der Waals surface area contributed by atoms with Gasteiger partial charge in [-0.25, -0.2) is 0 Å². The van der Waals surface area contributed by atoms with Gasteiger partial charge in [-0.1, -0.05) is 19.3 Å². The smallest absolute Gasteiger partial charge is 0.229 e. The van der Waals surface area contributed by atoms with Gasteiger partial charge < -0.3 is 5.11 Å². The third-order valence-corrected chi connectivity index (χ3v) is 3.59. The average molecular weight is 225 g/mol. The van der Waals surface area contributed by atoms with E-state index in [4.69, 9.17) is 0 Å². The second-order valence-corrected chi connectivity index (χ2v) is 4.78. The van der Waals surface area contributed by atoms with Crippen molar-refractivity contribution >= 4 is 11.8 Å². The van der Waals surface area contributed by atoms with Gasteiger partial charge >= 0.3 is 0 Å². The number of aliphatic hydroxyl groups is 1. The largest absolute Gasteiger partial charge is 0.391 e. The van der Waals surface area contributed by atoms with Crippen molar-refractivity contribution in [3.63, 3.8) is 0 Å². The van der Waals surface area contributed by atoms with E-state index in [9.17, 15) is 14.7 Å². The van der Waals surface area contributed by atoms with E-state index in [2.05, 4.69) is 0 Å². The first-order chi connectivity index (χ1) is 7.70. The molecule has 1 aliphatic carbocycles. The zero-order chi connectivity index (χ0) is 11.5. The lowest BCUT2D eigenvalue weighted by Gasteiger charge is -2.34. The number of hydrogen-bond acceptors (Lipinski definition) is 3. The number of carbonyl (C=O) groups excluding carboxylic acids is 2. The molecule has 4 nitrogen and oxygen atoms in total. The number of amides is 2. The van der Waals surface area contributed by atoms with Crippen molar-refractivity contribution in [3.05, 3.63) is 0 Å². The van der Waals surface area contributed by atoms with Crippen molar-refractivity contribution in [1.29, 1.82) is 0 Å². The topological polar surface area (TPSA) is 57.6 Å². The molecule has 0 spiro atoms. The maximum atomic E-state index is 11.8. The predicted molar refractivity (Wildman–Crippen MR) is 58.6 cm³/mol. The van der Waals surface area contributed by atoms with Crippen LogP contribution in [0.4, 0.5) is 0 Å². The minimum Gasteiger partial charge on any atom is -0.391 e. The van der Waals surface area contributed by atoms with Crippen molar-refractivity contribution < 1.29 is 14.7 Å². The third-order valence-electron chi connectivity index (χ3n) is 3.59. The predicted octanol–water partition coefficient (Wildman–Crippen LogP) is 1.22. The summed E-state index contributed by atoms with van der Waals surface area (Å²) in [6.45, 7) is 0. The molecule has 1 aliphatic heterocycles. The van der Waals surface area contributed by atoms with Gasteiger partial charge in [0.25, 0.3) is 0 Å². The van der Waals surface area contributed by atoms with Crippen molar-refractivity contribution in [2.24, 2.45) is 0 Å². The van der Waals surface area contributed by atoms with Gasteiger partial charge in [0.1, 0.15) is 0 Å². The first kappa shape index (κ1) is 11.6. The Balaban J connectivity index is 2.13. The molecule has 4 heteroatoms. The van der Waals surface area contributed by atoms with Crippen LogP contribution in [-0.2, 0) is 9.59 Å². The maximum absolute atomic E-state index is 11.8. The number of carbonyl (C=O) groups is 2. The van der Waals surface area contributed by atoms with E-state index in [1.165, 1.54) is 4.90 Å². The summed E-state index contributed by atoms with van der Waals surface area (Å²) in [5.74, 6) is -0.190. The summed E-state index contributed by atoms with van der Waals surface area (Å²) in [5, 5.41) is 9.99. The fourth-order valence-corrected chi connectivity index (χ4v) is 2.71. The highest BCUT2D eigenvalue weighted by molar-refractivity contribution is 5.97. The summed E-state index contributed by atoms with van der Waals surface area (Å²) in [5.41, 5.74) is 0. The van der Waals surface area contributed by atoms with Crippen LogP contribution in [0.3, 0.4) is 0 Å². The molecule has 2 fully saturated rings. The Bertz CT molecular complexity index is 274. The van der Waals surface area contributed by atoms with E-state index in [0.29, 0.717) is 25.7 Å². The zero-order valence-corrected chi connectivity index (χ0v) is 9.52. The van der Waals surface area contributed by atoms with Crippen LogP contribution in [0, 0.1) is 0 Å². The lowest BCUT2D eigenvalue weighted by atomic mass is 9.99. The number of nitrogens with zero attached hydrogens (tertiary/aromatic N) is 1. The molecule has 0 bridgehead atoms. The molecule has 2 atom stereocenters. The highest BCUT2D eigenvalue weighted by atomic mass is 16.3. The molecule has 2 amide bonds. The van der Waals surface area contributed by atoms with Crippen LogP contribution in [0.1, 0.15) is 51.4 Å². The normalized spacial score (nSPS) is 32.7. The Kier molecular flexibility index (Phi) is 3.59. The summed E-state index contributed by atoms with van der Waals surface area (Å²) in [6.07, 6.45) is 5.60. The third kappa shape index (κ3) is 2.26. The maximum Gasteiger partial charge on any atom is 0.229 e. The number of piperidine rings is 1. The van der Waals surface area contributed by atoms with E-state index in [1.54, 1.807) is 0 Å². The molecule has 0 radical (unpaired) electrons. The van der Waals surface area contributed by atoms with Gasteiger partial charge in [-0.05, 0) is 19.3 Å². The summed E-state index contributed by atoms with van der Waals surface area (Å²) in [4.78, 5) is 24.9. The standard InChI is InChI=1S/C12H19NO3/c14-10-6-3-1-2-5-9(10)13-11(15)7-4-8-12(13)16/h9-10,14H,1-8H2. The molecule has 90 valence electrons. The molecule has 0 aromatic rings. The molecule has 1 heterocycles. The van der Waals surface area contributed by atoms with Crippen LogP contribution in [0.25, 0.3) is 0 Å². The van der Waals surface area contributed by atoms with Crippen LogP contribution >= 0.6 is 0 Å². The molecule has 1 saturated carbocycles. The Morgan fingerprint density at radius 2 is 1.56 bits per heavy atom. The lowest BCUT2D eigenvalue weighted by Crippen LogP contribution is -2.51. The van der Waals surface area contributed by atoms with Crippen molar-refractivity contribution in [2.75, 3.05) is 0 Å². The van der Waals surface area contributed by atoms with Gasteiger partial charge in [0.05, 0.1) is 12.1 Å². The van der Waals surface area contributed by atoms with Gasteiger partial charge in [0.2, 0.25) is 11.8 Å². The molecule has 2 rings (SSSR count). The fraction of sp³-hybridized carbons (Fsp3) is 0.833. The van der Waals surface area contributed by atoms with E-state index >= 15 is 0 Å². The summed E-state index contributed by atoms with van der Waals surface area (Å²) in [6, 6.07) is -0.261. The van der Waals surface area contributed by atoms with Crippen molar-refractivity contribution in [1.82, 2.24) is 4.90 Å². The molecule has 0 aromatic carbocycles. The van der Waals surface area contributed by atoms with Crippen LogP contribution in [-0.4, -0.2) is 34.0 Å². The van der Waals surface area contributed by atoms with E-state index in [-0.39, 0.29) is 17.9 Å². The van der Waals surface area contributed by atoms with Crippen LogP contribution in [0.15, 0.2) is 0 Å². The minimum absolute atomic E-state index is 0.0952. The molecule has 0 aromatic heterocycles. The van der Waals surface area contributed by atoms with Gasteiger partial charge in [0, 0.05) is 12.8 Å². The van der Waals surface area contributed by atoms with Crippen molar-refractivity contribution in [2.45, 2.75) is 63.5 Å². The molecule has 2 unspecified atom stereocenters. The zero-order valence-electron chi connectivity index (χ0n) is 9.52. The number of hydrogen-bond donors (Lipinski definition) is 1. The Labute approximate surface area is 95.6 Å². The minimum atomic E-state index is -0.520. The fourth-order valence-electron chi connectivity index (χ4n) is 2.71. The summed E-state index contributed by atoms with van der Waals surface area (Å²) >= 11 is 0. The monoisotopic (exact) mass is 225 g/mol. The first-order valence-electron chi connectivity index (χ1n) is 6.23. The van der Waals surface area contributed by atoms with Crippen LogP contribution in [0.2, 0.25) is 0 Å². The van der Waals surface area contributed by atoms with E-state index in [1.807, 2.05) is 0 Å². The second kappa shape index (κ2) is 4.95. The van der Waals surface area contributed by atoms with E-state index in [0.717, 1.165) is 25.7 Å². The average Bonchev–Trinajstić information content (AvgIpc) is 2.44. The summed E-state index contributed by atoms with van der Waals surface area (Å²) < 4.78 is 0. The Morgan fingerprint density at radius 3 is 2.25 bits per heavy atom. The van der Waals surface area contributed by atoms with Crippen LogP contribution in [0.5, 0.6) is 0 Å². The quantitative estimate of drug-likeness (QED) is 0.539. The second-order valence-electron chi connectivity index (χ2n) is 4.78. The van der Waals surface area contributed by atoms with Gasteiger partial charge in [-0.3, -0.25) is 14.5 Å². The molecule has 1 N–H and O–H groups in total. The SMILES string of the molecule is O=C1CCCC(=O)N1C1CCCCCC1O. The number of rotatable bonds is 1. The Hall–Kier alpha value is -0.900. The van der Waals surface area contributed by atoms with E-state index < -0.39 is 6.10 Å².